The quantitative estimate of drug-likeness (QED) is 0.875. The minimum Gasteiger partial charge on any atom is -0.369 e. The van der Waals surface area contributed by atoms with Crippen LogP contribution in [0, 0.1) is 0 Å². The number of amides is 1. The Labute approximate surface area is 123 Å². The topological polar surface area (TPSA) is 66.9 Å². The van der Waals surface area contributed by atoms with Crippen molar-refractivity contribution < 1.29 is 4.79 Å². The third-order valence-corrected chi connectivity index (χ3v) is 3.42. The van der Waals surface area contributed by atoms with Crippen LogP contribution >= 0.6 is 27.3 Å². The molecule has 0 aromatic carbocycles. The molecule has 100 valence electrons. The first-order valence-electron chi connectivity index (χ1n) is 5.81. The largest absolute Gasteiger partial charge is 0.369 e. The summed E-state index contributed by atoms with van der Waals surface area (Å²) in [5.41, 5.74) is 0.498. The number of carbonyl (C=O) groups is 1. The van der Waals surface area contributed by atoms with Crippen LogP contribution in [0.4, 0.5) is 10.9 Å². The van der Waals surface area contributed by atoms with Crippen molar-refractivity contribution in [2.75, 3.05) is 17.2 Å². The molecule has 0 saturated heterocycles. The Hall–Kier alpha value is -1.47. The van der Waals surface area contributed by atoms with Crippen LogP contribution in [0.1, 0.15) is 23.7 Å². The molecule has 0 spiro atoms. The summed E-state index contributed by atoms with van der Waals surface area (Å²) < 4.78 is 0.763. The lowest BCUT2D eigenvalue weighted by Crippen LogP contribution is -2.16. The minimum absolute atomic E-state index is 0.220. The zero-order valence-electron chi connectivity index (χ0n) is 10.3. The standard InChI is InChI=1S/C12H13BrN4OS/c1-2-3-14-10-9(6-8(13)7-16-10)11(18)17-12-15-4-5-19-12/h4-7H,2-3H2,1H3,(H,14,16)(H,15,17,18). The van der Waals surface area contributed by atoms with Crippen molar-refractivity contribution in [1.29, 1.82) is 0 Å². The second kappa shape index (κ2) is 6.63. The van der Waals surface area contributed by atoms with Gasteiger partial charge in [-0.25, -0.2) is 9.97 Å². The summed E-state index contributed by atoms with van der Waals surface area (Å²) in [6.07, 6.45) is 4.28. The van der Waals surface area contributed by atoms with Crippen LogP contribution in [0.3, 0.4) is 0 Å². The summed E-state index contributed by atoms with van der Waals surface area (Å²) in [6, 6.07) is 1.74. The number of nitrogens with zero attached hydrogens (tertiary/aromatic N) is 2. The number of nitrogens with one attached hydrogen (secondary N) is 2. The van der Waals surface area contributed by atoms with Crippen LogP contribution in [-0.2, 0) is 0 Å². The van der Waals surface area contributed by atoms with Crippen LogP contribution in [0.5, 0.6) is 0 Å². The van der Waals surface area contributed by atoms with Gasteiger partial charge in [-0.2, -0.15) is 0 Å². The van der Waals surface area contributed by atoms with E-state index in [1.165, 1.54) is 11.3 Å². The third-order valence-electron chi connectivity index (χ3n) is 2.29. The Balaban J connectivity index is 2.21. The molecule has 2 heterocycles. The molecule has 0 saturated carbocycles. The Morgan fingerprint density at radius 1 is 1.47 bits per heavy atom. The van der Waals surface area contributed by atoms with E-state index < -0.39 is 0 Å². The predicted octanol–water partition coefficient (Wildman–Crippen LogP) is 3.37. The van der Waals surface area contributed by atoms with Crippen molar-refractivity contribution in [2.45, 2.75) is 13.3 Å². The van der Waals surface area contributed by atoms with Crippen molar-refractivity contribution in [3.8, 4) is 0 Å². The van der Waals surface area contributed by atoms with E-state index in [4.69, 9.17) is 0 Å². The van der Waals surface area contributed by atoms with Gasteiger partial charge < -0.3 is 5.32 Å². The maximum absolute atomic E-state index is 12.2. The van der Waals surface area contributed by atoms with E-state index in [1.807, 2.05) is 5.38 Å². The lowest BCUT2D eigenvalue weighted by Gasteiger charge is -2.10. The van der Waals surface area contributed by atoms with Crippen molar-refractivity contribution in [3.63, 3.8) is 0 Å². The number of anilines is 2. The SMILES string of the molecule is CCCNc1ncc(Br)cc1C(=O)Nc1nccs1. The van der Waals surface area contributed by atoms with E-state index in [9.17, 15) is 4.79 Å². The number of rotatable bonds is 5. The number of hydrogen-bond donors (Lipinski definition) is 2. The zero-order chi connectivity index (χ0) is 13.7. The van der Waals surface area contributed by atoms with E-state index in [2.05, 4.69) is 43.5 Å². The lowest BCUT2D eigenvalue weighted by atomic mass is 10.2. The Kier molecular flexibility index (Phi) is 4.86. The molecule has 2 aromatic heterocycles. The van der Waals surface area contributed by atoms with Crippen LogP contribution < -0.4 is 10.6 Å². The number of carbonyl (C=O) groups excluding carboxylic acids is 1. The first-order chi connectivity index (χ1) is 9.20. The van der Waals surface area contributed by atoms with Crippen molar-refractivity contribution in [1.82, 2.24) is 9.97 Å². The molecule has 0 fully saturated rings. The summed E-state index contributed by atoms with van der Waals surface area (Å²) in [5.74, 6) is 0.362. The number of pyridine rings is 1. The van der Waals surface area contributed by atoms with Crippen molar-refractivity contribution in [3.05, 3.63) is 33.9 Å². The van der Waals surface area contributed by atoms with Gasteiger partial charge >= 0.3 is 0 Å². The summed E-state index contributed by atoms with van der Waals surface area (Å²) in [6.45, 7) is 2.83. The van der Waals surface area contributed by atoms with E-state index >= 15 is 0 Å². The monoisotopic (exact) mass is 340 g/mol. The van der Waals surface area contributed by atoms with Gasteiger partial charge in [0.05, 0.1) is 5.56 Å². The number of halogens is 1. The molecule has 0 radical (unpaired) electrons. The normalized spacial score (nSPS) is 10.2. The molecule has 0 aliphatic heterocycles. The third kappa shape index (κ3) is 3.74. The molecular weight excluding hydrogens is 328 g/mol. The van der Waals surface area contributed by atoms with Gasteiger partial charge in [-0.1, -0.05) is 6.92 Å². The summed E-state index contributed by atoms with van der Waals surface area (Å²) >= 11 is 4.71. The fourth-order valence-corrected chi connectivity index (χ4v) is 2.30. The molecular formula is C12H13BrN4OS. The average Bonchev–Trinajstić information content (AvgIpc) is 2.90. The Morgan fingerprint density at radius 2 is 2.32 bits per heavy atom. The fraction of sp³-hybridized carbons (Fsp3) is 0.250. The van der Waals surface area contributed by atoms with Crippen LogP contribution in [0.2, 0.25) is 0 Å². The second-order valence-electron chi connectivity index (χ2n) is 3.77. The number of hydrogen-bond acceptors (Lipinski definition) is 5. The maximum atomic E-state index is 12.2. The molecule has 2 rings (SSSR count). The van der Waals surface area contributed by atoms with Gasteiger partial charge in [-0.05, 0) is 28.4 Å². The van der Waals surface area contributed by atoms with E-state index in [0.29, 0.717) is 16.5 Å². The molecule has 0 aliphatic carbocycles. The smallest absolute Gasteiger partial charge is 0.261 e. The van der Waals surface area contributed by atoms with Gasteiger partial charge in [0.15, 0.2) is 5.13 Å². The van der Waals surface area contributed by atoms with Gasteiger partial charge in [0.1, 0.15) is 5.82 Å². The fourth-order valence-electron chi connectivity index (χ4n) is 1.45. The zero-order valence-corrected chi connectivity index (χ0v) is 12.7. The van der Waals surface area contributed by atoms with Gasteiger partial charge in [0, 0.05) is 28.8 Å². The highest BCUT2D eigenvalue weighted by Crippen LogP contribution is 2.20. The highest BCUT2D eigenvalue weighted by molar-refractivity contribution is 9.10. The molecule has 2 aromatic rings. The molecule has 5 nitrogen and oxygen atoms in total. The molecule has 0 bridgehead atoms. The minimum atomic E-state index is -0.220. The van der Waals surface area contributed by atoms with Crippen LogP contribution in [-0.4, -0.2) is 22.4 Å². The van der Waals surface area contributed by atoms with Gasteiger partial charge in [-0.3, -0.25) is 10.1 Å². The van der Waals surface area contributed by atoms with E-state index in [-0.39, 0.29) is 5.91 Å². The highest BCUT2D eigenvalue weighted by Gasteiger charge is 2.14. The van der Waals surface area contributed by atoms with Crippen molar-refractivity contribution >= 4 is 44.1 Å². The molecule has 0 atom stereocenters. The average molecular weight is 341 g/mol. The predicted molar refractivity (Wildman–Crippen MR) is 80.8 cm³/mol. The number of aromatic nitrogens is 2. The van der Waals surface area contributed by atoms with Crippen molar-refractivity contribution in [2.24, 2.45) is 0 Å². The molecule has 0 aliphatic rings. The highest BCUT2D eigenvalue weighted by atomic mass is 79.9. The van der Waals surface area contributed by atoms with E-state index in [0.717, 1.165) is 17.4 Å². The molecule has 19 heavy (non-hydrogen) atoms. The first kappa shape index (κ1) is 14.0. The second-order valence-corrected chi connectivity index (χ2v) is 5.58. The molecule has 7 heteroatoms. The Morgan fingerprint density at radius 3 is 3.00 bits per heavy atom. The van der Waals surface area contributed by atoms with E-state index in [1.54, 1.807) is 18.5 Å². The van der Waals surface area contributed by atoms with Crippen LogP contribution in [0.25, 0.3) is 0 Å². The molecule has 2 N–H and O–H groups in total. The van der Waals surface area contributed by atoms with Gasteiger partial charge in [0.2, 0.25) is 0 Å². The Bertz CT molecular complexity index is 559. The maximum Gasteiger partial charge on any atom is 0.261 e. The van der Waals surface area contributed by atoms with Gasteiger partial charge in [0.25, 0.3) is 5.91 Å². The van der Waals surface area contributed by atoms with Crippen LogP contribution in [0.15, 0.2) is 28.3 Å². The first-order valence-corrected chi connectivity index (χ1v) is 7.48. The van der Waals surface area contributed by atoms with Gasteiger partial charge in [-0.15, -0.1) is 11.3 Å². The summed E-state index contributed by atoms with van der Waals surface area (Å²) in [5, 5.41) is 8.28. The molecule has 0 unspecified atom stereocenters. The summed E-state index contributed by atoms with van der Waals surface area (Å²) in [7, 11) is 0. The molecule has 1 amide bonds. The summed E-state index contributed by atoms with van der Waals surface area (Å²) in [4.78, 5) is 20.5. The lowest BCUT2D eigenvalue weighted by molar-refractivity contribution is 0.102. The number of thiazole rings is 1.